The maximum atomic E-state index is 11.3. The van der Waals surface area contributed by atoms with Crippen LogP contribution in [-0.2, 0) is 0 Å². The molecule has 5 heteroatoms. The lowest BCUT2D eigenvalue weighted by Crippen LogP contribution is -2.01. The number of carbonyl (C=O) groups is 1. The highest BCUT2D eigenvalue weighted by molar-refractivity contribution is 14.1. The molecular formula is C9H5BrINO2. The number of phenols is 1. The predicted octanol–water partition coefficient (Wildman–Crippen LogP) is 2.45. The summed E-state index contributed by atoms with van der Waals surface area (Å²) in [5, 5.41) is 18.3. The number of carbonyl (C=O) groups excluding carboxylic acids is 1. The number of aromatic hydroxyl groups is 1. The lowest BCUT2D eigenvalue weighted by molar-refractivity contribution is 0.102. The van der Waals surface area contributed by atoms with E-state index in [0.29, 0.717) is 9.13 Å². The molecule has 14 heavy (non-hydrogen) atoms. The molecule has 0 bridgehead atoms. The quantitative estimate of drug-likeness (QED) is 0.497. The van der Waals surface area contributed by atoms with Gasteiger partial charge in [0.2, 0.25) is 0 Å². The Labute approximate surface area is 103 Å². The van der Waals surface area contributed by atoms with Crippen LogP contribution in [0, 0.1) is 14.9 Å². The third-order valence-corrected chi connectivity index (χ3v) is 3.03. The minimum atomic E-state index is -0.240. The highest BCUT2D eigenvalue weighted by Crippen LogP contribution is 2.24. The molecule has 0 aliphatic heterocycles. The van der Waals surface area contributed by atoms with E-state index in [9.17, 15) is 9.90 Å². The number of halogens is 2. The number of hydrogen-bond acceptors (Lipinski definition) is 3. The molecular weight excluding hydrogens is 361 g/mol. The van der Waals surface area contributed by atoms with Gasteiger partial charge in [-0.2, -0.15) is 5.26 Å². The standard InChI is InChI=1S/C9H5BrINO2/c10-3-9(14)6-1-5(4-12)7(11)2-8(6)13/h1-2,13H,3H2. The molecule has 0 saturated heterocycles. The van der Waals surface area contributed by atoms with Crippen molar-refractivity contribution in [1.82, 2.24) is 0 Å². The fraction of sp³-hybridized carbons (Fsp3) is 0.111. The van der Waals surface area contributed by atoms with Crippen LogP contribution in [0.5, 0.6) is 5.75 Å². The Balaban J connectivity index is 3.33. The zero-order valence-electron chi connectivity index (χ0n) is 6.92. The molecule has 1 aromatic carbocycles. The van der Waals surface area contributed by atoms with Crippen molar-refractivity contribution in [2.24, 2.45) is 0 Å². The van der Waals surface area contributed by atoms with Crippen LogP contribution >= 0.6 is 38.5 Å². The summed E-state index contributed by atoms with van der Waals surface area (Å²) in [5.41, 5.74) is 0.576. The van der Waals surface area contributed by atoms with E-state index in [1.165, 1.54) is 12.1 Å². The van der Waals surface area contributed by atoms with Crippen LogP contribution < -0.4 is 0 Å². The molecule has 0 unspecified atom stereocenters. The summed E-state index contributed by atoms with van der Waals surface area (Å²) in [5.74, 6) is -0.326. The average Bonchev–Trinajstić information content (AvgIpc) is 2.17. The van der Waals surface area contributed by atoms with Gasteiger partial charge in [-0.05, 0) is 34.7 Å². The number of nitrogens with zero attached hydrogens (tertiary/aromatic N) is 1. The van der Waals surface area contributed by atoms with Crippen molar-refractivity contribution < 1.29 is 9.90 Å². The van der Waals surface area contributed by atoms with Gasteiger partial charge in [-0.1, -0.05) is 15.9 Å². The Morgan fingerprint density at radius 1 is 1.64 bits per heavy atom. The molecule has 0 saturated carbocycles. The van der Waals surface area contributed by atoms with Gasteiger partial charge < -0.3 is 5.11 Å². The van der Waals surface area contributed by atoms with Crippen LogP contribution in [0.15, 0.2) is 12.1 Å². The van der Waals surface area contributed by atoms with E-state index in [2.05, 4.69) is 15.9 Å². The van der Waals surface area contributed by atoms with Gasteiger partial charge in [0.05, 0.1) is 16.5 Å². The molecule has 3 nitrogen and oxygen atoms in total. The van der Waals surface area contributed by atoms with Crippen LogP contribution in [0.4, 0.5) is 0 Å². The SMILES string of the molecule is N#Cc1cc(C(=O)CBr)c(O)cc1I. The Bertz CT molecular complexity index is 426. The van der Waals surface area contributed by atoms with Crippen LogP contribution in [0.1, 0.15) is 15.9 Å². The summed E-state index contributed by atoms with van der Waals surface area (Å²) >= 11 is 4.94. The monoisotopic (exact) mass is 365 g/mol. The maximum Gasteiger partial charge on any atom is 0.177 e. The molecule has 0 heterocycles. The van der Waals surface area contributed by atoms with Crippen LogP contribution in [0.2, 0.25) is 0 Å². The molecule has 1 aromatic rings. The first-order valence-electron chi connectivity index (χ1n) is 3.62. The van der Waals surface area contributed by atoms with Gasteiger partial charge >= 0.3 is 0 Å². The van der Waals surface area contributed by atoms with Crippen LogP contribution in [0.25, 0.3) is 0 Å². The topological polar surface area (TPSA) is 61.1 Å². The Morgan fingerprint density at radius 3 is 2.79 bits per heavy atom. The first-order valence-corrected chi connectivity index (χ1v) is 5.82. The molecule has 0 fully saturated rings. The molecule has 0 amide bonds. The number of Topliss-reactive ketones (excluding diaryl/α,β-unsaturated/α-hetero) is 1. The van der Waals surface area contributed by atoms with Crippen molar-refractivity contribution in [3.63, 3.8) is 0 Å². The lowest BCUT2D eigenvalue weighted by Gasteiger charge is -2.03. The summed E-state index contributed by atoms with van der Waals surface area (Å²) in [7, 11) is 0. The van der Waals surface area contributed by atoms with E-state index in [-0.39, 0.29) is 22.4 Å². The van der Waals surface area contributed by atoms with E-state index < -0.39 is 0 Å². The minimum Gasteiger partial charge on any atom is -0.507 e. The summed E-state index contributed by atoms with van der Waals surface area (Å²) in [6.07, 6.45) is 0. The number of alkyl halides is 1. The van der Waals surface area contributed by atoms with E-state index >= 15 is 0 Å². The summed E-state index contributed by atoms with van der Waals surface area (Å²) < 4.78 is 0.633. The number of ketones is 1. The fourth-order valence-electron chi connectivity index (χ4n) is 0.944. The molecule has 0 aliphatic rings. The largest absolute Gasteiger partial charge is 0.507 e. The van der Waals surface area contributed by atoms with Gasteiger partial charge in [0, 0.05) is 3.57 Å². The highest BCUT2D eigenvalue weighted by Gasteiger charge is 2.13. The Kier molecular flexibility index (Phi) is 3.89. The van der Waals surface area contributed by atoms with E-state index in [0.717, 1.165) is 0 Å². The molecule has 1 N–H and O–H groups in total. The number of benzene rings is 1. The molecule has 0 aliphatic carbocycles. The van der Waals surface area contributed by atoms with Crippen LogP contribution in [-0.4, -0.2) is 16.2 Å². The molecule has 1 rings (SSSR count). The smallest absolute Gasteiger partial charge is 0.177 e. The minimum absolute atomic E-state index is 0.0853. The van der Waals surface area contributed by atoms with Crippen molar-refractivity contribution in [3.8, 4) is 11.8 Å². The van der Waals surface area contributed by atoms with Crippen molar-refractivity contribution in [3.05, 3.63) is 26.8 Å². The summed E-state index contributed by atoms with van der Waals surface area (Å²) in [6.45, 7) is 0. The summed E-state index contributed by atoms with van der Waals surface area (Å²) in [4.78, 5) is 11.3. The Morgan fingerprint density at radius 2 is 2.29 bits per heavy atom. The normalized spacial score (nSPS) is 9.50. The van der Waals surface area contributed by atoms with E-state index in [4.69, 9.17) is 5.26 Å². The zero-order chi connectivity index (χ0) is 10.7. The van der Waals surface area contributed by atoms with Crippen molar-refractivity contribution >= 4 is 44.3 Å². The third-order valence-electron chi connectivity index (χ3n) is 1.63. The maximum absolute atomic E-state index is 11.3. The highest BCUT2D eigenvalue weighted by atomic mass is 127. The van der Waals surface area contributed by atoms with Gasteiger partial charge in [0.1, 0.15) is 11.8 Å². The average molecular weight is 366 g/mol. The first-order chi connectivity index (χ1) is 6.60. The number of rotatable bonds is 2. The zero-order valence-corrected chi connectivity index (χ0v) is 10.7. The van der Waals surface area contributed by atoms with Gasteiger partial charge in [-0.25, -0.2) is 0 Å². The fourth-order valence-corrected chi connectivity index (χ4v) is 1.82. The molecule has 0 aromatic heterocycles. The number of nitriles is 1. The number of phenolic OH excluding ortho intramolecular Hbond substituents is 1. The molecule has 0 atom stereocenters. The third kappa shape index (κ3) is 2.25. The van der Waals surface area contributed by atoms with Gasteiger partial charge in [-0.3, -0.25) is 4.79 Å². The molecule has 72 valence electrons. The molecule has 0 spiro atoms. The van der Waals surface area contributed by atoms with Crippen molar-refractivity contribution in [2.75, 3.05) is 5.33 Å². The van der Waals surface area contributed by atoms with E-state index in [1.54, 1.807) is 0 Å². The van der Waals surface area contributed by atoms with Crippen molar-refractivity contribution in [1.29, 1.82) is 5.26 Å². The first kappa shape index (κ1) is 11.5. The lowest BCUT2D eigenvalue weighted by atomic mass is 10.1. The van der Waals surface area contributed by atoms with Crippen molar-refractivity contribution in [2.45, 2.75) is 0 Å². The summed E-state index contributed by atoms with van der Waals surface area (Å²) in [6, 6.07) is 4.77. The molecule has 0 radical (unpaired) electrons. The van der Waals surface area contributed by atoms with Gasteiger partial charge in [-0.15, -0.1) is 0 Å². The second-order valence-corrected chi connectivity index (χ2v) is 4.24. The second-order valence-electron chi connectivity index (χ2n) is 2.52. The second kappa shape index (κ2) is 4.75. The van der Waals surface area contributed by atoms with E-state index in [1.807, 2.05) is 28.7 Å². The number of hydrogen-bond donors (Lipinski definition) is 1. The predicted molar refractivity (Wildman–Crippen MR) is 63.7 cm³/mol. The van der Waals surface area contributed by atoms with Crippen LogP contribution in [0.3, 0.4) is 0 Å². The van der Waals surface area contributed by atoms with Gasteiger partial charge in [0.25, 0.3) is 0 Å². The van der Waals surface area contributed by atoms with Gasteiger partial charge in [0.15, 0.2) is 5.78 Å². The Hall–Kier alpha value is -0.610.